The topological polar surface area (TPSA) is 95.7 Å². The molecule has 4 aromatic rings. The van der Waals surface area contributed by atoms with Crippen LogP contribution < -0.4 is 0 Å². The van der Waals surface area contributed by atoms with Crippen LogP contribution >= 0.6 is 27.7 Å². The summed E-state index contributed by atoms with van der Waals surface area (Å²) in [7, 11) is 0. The minimum Gasteiger partial charge on any atom is -0.444 e. The molecule has 0 aliphatic rings. The maximum Gasteiger partial charge on any atom is 0.283 e. The van der Waals surface area contributed by atoms with Crippen molar-refractivity contribution in [3.05, 3.63) is 52.5 Å². The van der Waals surface area contributed by atoms with Crippen LogP contribution in [0.4, 0.5) is 0 Å². The molecule has 25 heavy (non-hydrogen) atoms. The fourth-order valence-electron chi connectivity index (χ4n) is 2.08. The van der Waals surface area contributed by atoms with Crippen molar-refractivity contribution >= 4 is 27.7 Å². The first-order chi connectivity index (χ1) is 12.2. The first-order valence-electron chi connectivity index (χ1n) is 7.25. The lowest BCUT2D eigenvalue weighted by atomic mass is 10.2. The van der Waals surface area contributed by atoms with E-state index in [0.717, 1.165) is 5.69 Å². The Hall–Kier alpha value is -2.46. The van der Waals surface area contributed by atoms with E-state index < -0.39 is 0 Å². The zero-order valence-electron chi connectivity index (χ0n) is 13.0. The third-order valence-electron chi connectivity index (χ3n) is 3.30. The fourth-order valence-corrected chi connectivity index (χ4v) is 3.12. The van der Waals surface area contributed by atoms with Crippen molar-refractivity contribution in [1.82, 2.24) is 30.4 Å². The molecule has 0 saturated carbocycles. The van der Waals surface area contributed by atoms with Gasteiger partial charge in [0, 0.05) is 0 Å². The van der Waals surface area contributed by atoms with Gasteiger partial charge in [-0.1, -0.05) is 29.5 Å². The Bertz CT molecular complexity index is 994. The monoisotopic (exact) mass is 418 g/mol. The third kappa shape index (κ3) is 3.49. The summed E-state index contributed by atoms with van der Waals surface area (Å²) in [6.07, 6.45) is 0. The molecule has 0 fully saturated rings. The lowest BCUT2D eigenvalue weighted by Crippen LogP contribution is -1.99. The van der Waals surface area contributed by atoms with Crippen LogP contribution in [-0.2, 0) is 5.75 Å². The molecular weight excluding hydrogens is 408 g/mol. The molecule has 1 aromatic carbocycles. The summed E-state index contributed by atoms with van der Waals surface area (Å²) >= 11 is 4.65. The van der Waals surface area contributed by atoms with Crippen LogP contribution in [0.5, 0.6) is 0 Å². The highest BCUT2D eigenvalue weighted by molar-refractivity contribution is 9.10. The van der Waals surface area contributed by atoms with Gasteiger partial charge in [0.05, 0.1) is 11.4 Å². The van der Waals surface area contributed by atoms with Crippen molar-refractivity contribution in [1.29, 1.82) is 0 Å². The van der Waals surface area contributed by atoms with Crippen LogP contribution in [0.2, 0.25) is 0 Å². The quantitative estimate of drug-likeness (QED) is 0.452. The van der Waals surface area contributed by atoms with E-state index in [-0.39, 0.29) is 0 Å². The number of thioether (sulfide) groups is 1. The minimum absolute atomic E-state index is 0.333. The Morgan fingerprint density at radius 1 is 1.04 bits per heavy atom. The maximum atomic E-state index is 5.61. The van der Waals surface area contributed by atoms with E-state index in [1.807, 2.05) is 31.2 Å². The molecule has 0 spiro atoms. The number of benzene rings is 1. The molecule has 8 nitrogen and oxygen atoms in total. The van der Waals surface area contributed by atoms with Crippen molar-refractivity contribution in [2.75, 3.05) is 0 Å². The Morgan fingerprint density at radius 2 is 1.88 bits per heavy atom. The van der Waals surface area contributed by atoms with Crippen molar-refractivity contribution in [3.8, 4) is 17.3 Å². The Labute approximate surface area is 154 Å². The molecule has 3 heterocycles. The molecule has 0 aliphatic carbocycles. The fraction of sp³-hybridized carbons (Fsp3) is 0.133. The van der Waals surface area contributed by atoms with Gasteiger partial charge in [-0.3, -0.25) is 0 Å². The summed E-state index contributed by atoms with van der Waals surface area (Å²) in [4.78, 5) is 0. The average molecular weight is 419 g/mol. The summed E-state index contributed by atoms with van der Waals surface area (Å²) in [5.41, 5.74) is 2.07. The standard InChI is InChI=1S/C15H11BrN6O2S/c1-9-2-4-10(5-3-9)22-15(19-20-21-22)25-8-13-17-18-14(24-13)11-6-7-12(16)23-11/h2-7H,8H2,1H3. The number of halogens is 1. The van der Waals surface area contributed by atoms with Gasteiger partial charge in [0.15, 0.2) is 10.4 Å². The van der Waals surface area contributed by atoms with Gasteiger partial charge in [-0.25, -0.2) is 0 Å². The number of hydrogen-bond donors (Lipinski definition) is 0. The van der Waals surface area contributed by atoms with Gasteiger partial charge >= 0.3 is 0 Å². The summed E-state index contributed by atoms with van der Waals surface area (Å²) in [6.45, 7) is 2.03. The van der Waals surface area contributed by atoms with Gasteiger partial charge in [-0.15, -0.1) is 15.3 Å². The lowest BCUT2D eigenvalue weighted by molar-refractivity contribution is 0.486. The number of tetrazole rings is 1. The van der Waals surface area contributed by atoms with Crippen LogP contribution in [0.25, 0.3) is 17.3 Å². The Morgan fingerprint density at radius 3 is 2.64 bits per heavy atom. The number of aryl methyl sites for hydroxylation is 1. The molecular formula is C15H11BrN6O2S. The predicted molar refractivity (Wildman–Crippen MR) is 93.2 cm³/mol. The molecule has 0 bridgehead atoms. The van der Waals surface area contributed by atoms with Crippen LogP contribution in [-0.4, -0.2) is 30.4 Å². The second-order valence-corrected chi connectivity index (χ2v) is 6.83. The van der Waals surface area contributed by atoms with Gasteiger partial charge in [0.1, 0.15) is 0 Å². The van der Waals surface area contributed by atoms with Crippen LogP contribution in [0, 0.1) is 6.92 Å². The van der Waals surface area contributed by atoms with E-state index >= 15 is 0 Å². The molecule has 0 aliphatic heterocycles. The average Bonchev–Trinajstić information content (AvgIpc) is 3.33. The molecule has 0 radical (unpaired) electrons. The van der Waals surface area contributed by atoms with Gasteiger partial charge < -0.3 is 8.83 Å². The van der Waals surface area contributed by atoms with Crippen LogP contribution in [0.3, 0.4) is 0 Å². The van der Waals surface area contributed by atoms with Crippen molar-refractivity contribution in [2.24, 2.45) is 0 Å². The normalized spacial score (nSPS) is 11.1. The SMILES string of the molecule is Cc1ccc(-n2nnnc2SCc2nnc(-c3ccc(Br)o3)o2)cc1. The van der Waals surface area contributed by atoms with Gasteiger partial charge in [-0.2, -0.15) is 4.68 Å². The smallest absolute Gasteiger partial charge is 0.283 e. The highest BCUT2D eigenvalue weighted by Crippen LogP contribution is 2.26. The van der Waals surface area contributed by atoms with E-state index in [1.165, 1.54) is 17.3 Å². The van der Waals surface area contributed by atoms with E-state index in [4.69, 9.17) is 8.83 Å². The Balaban J connectivity index is 1.48. The van der Waals surface area contributed by atoms with Crippen molar-refractivity contribution < 1.29 is 8.83 Å². The molecule has 10 heteroatoms. The summed E-state index contributed by atoms with van der Waals surface area (Å²) in [5.74, 6) is 1.76. The largest absolute Gasteiger partial charge is 0.444 e. The zero-order valence-corrected chi connectivity index (χ0v) is 15.4. The van der Waals surface area contributed by atoms with E-state index in [1.54, 1.807) is 16.8 Å². The predicted octanol–water partition coefficient (Wildman–Crippen LogP) is 3.67. The summed E-state index contributed by atoms with van der Waals surface area (Å²) in [6, 6.07) is 11.5. The molecule has 0 unspecified atom stereocenters. The second-order valence-electron chi connectivity index (χ2n) is 5.10. The number of rotatable bonds is 5. The Kier molecular flexibility index (Phi) is 4.36. The molecule has 3 aromatic heterocycles. The summed E-state index contributed by atoms with van der Waals surface area (Å²) in [5, 5.41) is 20.5. The zero-order chi connectivity index (χ0) is 17.2. The number of aromatic nitrogens is 6. The first-order valence-corrected chi connectivity index (χ1v) is 9.03. The van der Waals surface area contributed by atoms with E-state index in [9.17, 15) is 0 Å². The molecule has 0 amide bonds. The number of nitrogens with zero attached hydrogens (tertiary/aromatic N) is 6. The molecule has 0 saturated heterocycles. The first kappa shape index (κ1) is 16.0. The van der Waals surface area contributed by atoms with Crippen molar-refractivity contribution in [3.63, 3.8) is 0 Å². The van der Waals surface area contributed by atoms with Crippen LogP contribution in [0.1, 0.15) is 11.5 Å². The lowest BCUT2D eigenvalue weighted by Gasteiger charge is -2.03. The van der Waals surface area contributed by atoms with Crippen molar-refractivity contribution in [2.45, 2.75) is 17.8 Å². The van der Waals surface area contributed by atoms with Gasteiger partial charge in [0.25, 0.3) is 5.89 Å². The minimum atomic E-state index is 0.333. The summed E-state index contributed by atoms with van der Waals surface area (Å²) < 4.78 is 13.3. The third-order valence-corrected chi connectivity index (χ3v) is 4.63. The number of hydrogen-bond acceptors (Lipinski definition) is 8. The van der Waals surface area contributed by atoms with Crippen LogP contribution in [0.15, 0.2) is 55.1 Å². The molecule has 4 rings (SSSR count). The molecule has 0 N–H and O–H groups in total. The van der Waals surface area contributed by atoms with Gasteiger partial charge in [0.2, 0.25) is 11.0 Å². The maximum absolute atomic E-state index is 5.61. The highest BCUT2D eigenvalue weighted by Gasteiger charge is 2.15. The van der Waals surface area contributed by atoms with E-state index in [0.29, 0.717) is 33.1 Å². The van der Waals surface area contributed by atoms with Gasteiger partial charge in [-0.05, 0) is 57.5 Å². The molecule has 126 valence electrons. The second kappa shape index (κ2) is 6.81. The number of furan rings is 1. The van der Waals surface area contributed by atoms with E-state index in [2.05, 4.69) is 41.7 Å². The molecule has 0 atom stereocenters. The highest BCUT2D eigenvalue weighted by atomic mass is 79.9.